The van der Waals surface area contributed by atoms with Gasteiger partial charge in [0.15, 0.2) is 0 Å². The fourth-order valence-corrected chi connectivity index (χ4v) is 5.27. The van der Waals surface area contributed by atoms with Crippen LogP contribution in [0, 0.1) is 0 Å². The van der Waals surface area contributed by atoms with Gasteiger partial charge >= 0.3 is 0 Å². The Morgan fingerprint density at radius 3 is 2.48 bits per heavy atom. The fourth-order valence-electron chi connectivity index (χ4n) is 4.24. The number of thiophene rings is 1. The van der Waals surface area contributed by atoms with Gasteiger partial charge in [0.25, 0.3) is 0 Å². The number of piperazine rings is 1. The fraction of sp³-hybridized carbons (Fsp3) is 0.292. The van der Waals surface area contributed by atoms with E-state index >= 15 is 0 Å². The molecule has 0 spiro atoms. The first-order valence-electron chi connectivity index (χ1n) is 10.2. The van der Waals surface area contributed by atoms with Gasteiger partial charge in [-0.25, -0.2) is 0 Å². The molecule has 3 heterocycles. The summed E-state index contributed by atoms with van der Waals surface area (Å²) in [6.07, 6.45) is 1.98. The number of pyridine rings is 1. The highest BCUT2D eigenvalue weighted by Gasteiger charge is 2.23. The van der Waals surface area contributed by atoms with Crippen LogP contribution in [-0.4, -0.2) is 42.6 Å². The number of anilines is 1. The van der Waals surface area contributed by atoms with E-state index in [2.05, 4.69) is 69.8 Å². The van der Waals surface area contributed by atoms with Gasteiger partial charge in [-0.3, -0.25) is 9.88 Å². The normalized spacial score (nSPS) is 17.5. The van der Waals surface area contributed by atoms with Crippen molar-refractivity contribution in [3.63, 3.8) is 0 Å². The van der Waals surface area contributed by atoms with Gasteiger partial charge in [-0.05, 0) is 54.1 Å². The van der Waals surface area contributed by atoms with Crippen molar-refractivity contribution in [2.45, 2.75) is 12.8 Å². The van der Waals surface area contributed by atoms with Crippen LogP contribution in [0.4, 0.5) is 5.69 Å². The molecule has 2 aliphatic rings. The molecule has 5 heteroatoms. The van der Waals surface area contributed by atoms with Crippen molar-refractivity contribution in [3.8, 4) is 10.6 Å². The van der Waals surface area contributed by atoms with Crippen molar-refractivity contribution in [1.29, 1.82) is 0 Å². The van der Waals surface area contributed by atoms with Crippen molar-refractivity contribution in [2.24, 2.45) is 0 Å². The third kappa shape index (κ3) is 3.97. The first-order chi connectivity index (χ1) is 14.3. The molecule has 0 bridgehead atoms. The average molecular weight is 422 g/mol. The zero-order valence-corrected chi connectivity index (χ0v) is 17.9. The molecule has 1 aliphatic heterocycles. The van der Waals surface area contributed by atoms with Crippen molar-refractivity contribution in [2.75, 3.05) is 37.6 Å². The molecule has 3 nitrogen and oxygen atoms in total. The van der Waals surface area contributed by atoms with E-state index in [0.29, 0.717) is 0 Å². The van der Waals surface area contributed by atoms with Crippen molar-refractivity contribution >= 4 is 33.7 Å². The zero-order chi connectivity index (χ0) is 19.6. The molecule has 148 valence electrons. The van der Waals surface area contributed by atoms with E-state index in [1.54, 1.807) is 11.3 Å². The van der Waals surface area contributed by atoms with Gasteiger partial charge in [-0.1, -0.05) is 35.9 Å². The molecule has 5 rings (SSSR count). The van der Waals surface area contributed by atoms with Crippen LogP contribution in [0.25, 0.3) is 15.6 Å². The molecular formula is C24H24ClN3S. The molecule has 0 unspecified atom stereocenters. The van der Waals surface area contributed by atoms with Crippen LogP contribution >= 0.6 is 22.9 Å². The largest absolute Gasteiger partial charge is 0.369 e. The summed E-state index contributed by atoms with van der Waals surface area (Å²) in [5, 5.41) is 3.01. The number of aryl methyl sites for hydroxylation is 1. The Hall–Kier alpha value is -2.14. The molecule has 1 aliphatic carbocycles. The summed E-state index contributed by atoms with van der Waals surface area (Å²) in [7, 11) is 0. The van der Waals surface area contributed by atoms with Crippen LogP contribution in [0.5, 0.6) is 0 Å². The van der Waals surface area contributed by atoms with E-state index in [9.17, 15) is 0 Å². The number of hydrogen-bond acceptors (Lipinski definition) is 4. The van der Waals surface area contributed by atoms with Gasteiger partial charge in [-0.2, -0.15) is 0 Å². The SMILES string of the molecule is ClC1=C(CN2CCN(c3ccccc3)CC2)CCc2nc(-c3cccs3)ccc21. The molecule has 2 aromatic heterocycles. The minimum atomic E-state index is 0.918. The highest BCUT2D eigenvalue weighted by molar-refractivity contribution is 7.13. The first kappa shape index (κ1) is 18.9. The third-order valence-corrected chi connectivity index (χ3v) is 7.23. The van der Waals surface area contributed by atoms with E-state index in [1.807, 2.05) is 0 Å². The Morgan fingerprint density at radius 1 is 0.897 bits per heavy atom. The summed E-state index contributed by atoms with van der Waals surface area (Å²) < 4.78 is 0. The Labute approximate surface area is 181 Å². The molecule has 0 saturated carbocycles. The van der Waals surface area contributed by atoms with Gasteiger partial charge in [-0.15, -0.1) is 11.3 Å². The lowest BCUT2D eigenvalue weighted by atomic mass is 9.95. The summed E-state index contributed by atoms with van der Waals surface area (Å²) in [6.45, 7) is 5.25. The lowest BCUT2D eigenvalue weighted by Crippen LogP contribution is -2.47. The van der Waals surface area contributed by atoms with Gasteiger partial charge in [0.05, 0.1) is 21.3 Å². The number of rotatable bonds is 4. The number of benzene rings is 1. The first-order valence-corrected chi connectivity index (χ1v) is 11.5. The van der Waals surface area contributed by atoms with Crippen LogP contribution < -0.4 is 4.90 Å². The van der Waals surface area contributed by atoms with E-state index < -0.39 is 0 Å². The topological polar surface area (TPSA) is 19.4 Å². The Morgan fingerprint density at radius 2 is 1.72 bits per heavy atom. The predicted octanol–water partition coefficient (Wildman–Crippen LogP) is 5.53. The smallest absolute Gasteiger partial charge is 0.0805 e. The lowest BCUT2D eigenvalue weighted by Gasteiger charge is -2.37. The number of aromatic nitrogens is 1. The summed E-state index contributed by atoms with van der Waals surface area (Å²) in [5.41, 5.74) is 6.00. The summed E-state index contributed by atoms with van der Waals surface area (Å²) in [4.78, 5) is 11.1. The zero-order valence-electron chi connectivity index (χ0n) is 16.4. The van der Waals surface area contributed by atoms with Gasteiger partial charge in [0.1, 0.15) is 0 Å². The Balaban J connectivity index is 1.27. The average Bonchev–Trinajstić information content (AvgIpc) is 3.32. The molecular weight excluding hydrogens is 398 g/mol. The minimum Gasteiger partial charge on any atom is -0.369 e. The molecule has 1 saturated heterocycles. The number of fused-ring (bicyclic) bond motifs is 1. The van der Waals surface area contributed by atoms with Gasteiger partial charge in [0, 0.05) is 44.0 Å². The maximum atomic E-state index is 6.84. The maximum Gasteiger partial charge on any atom is 0.0805 e. The number of nitrogens with zero attached hydrogens (tertiary/aromatic N) is 3. The molecule has 1 aromatic carbocycles. The van der Waals surface area contributed by atoms with E-state index in [-0.39, 0.29) is 0 Å². The van der Waals surface area contributed by atoms with Crippen LogP contribution in [0.2, 0.25) is 0 Å². The van der Waals surface area contributed by atoms with Crippen LogP contribution in [0.3, 0.4) is 0 Å². The second-order valence-electron chi connectivity index (χ2n) is 7.68. The van der Waals surface area contributed by atoms with Crippen molar-refractivity contribution in [1.82, 2.24) is 9.88 Å². The third-order valence-electron chi connectivity index (χ3n) is 5.87. The Kier molecular flexibility index (Phi) is 5.40. The lowest BCUT2D eigenvalue weighted by molar-refractivity contribution is 0.276. The quantitative estimate of drug-likeness (QED) is 0.552. The number of hydrogen-bond donors (Lipinski definition) is 0. The standard InChI is InChI=1S/C24H24ClN3S/c25-24-18(17-27-12-14-28(15-13-27)19-5-2-1-3-6-19)8-10-21-20(24)9-11-22(26-21)23-7-4-16-29-23/h1-7,9,11,16H,8,10,12-15,17H2. The van der Waals surface area contributed by atoms with Crippen LogP contribution in [0.1, 0.15) is 17.7 Å². The second-order valence-corrected chi connectivity index (χ2v) is 9.01. The van der Waals surface area contributed by atoms with Crippen molar-refractivity contribution < 1.29 is 0 Å². The monoisotopic (exact) mass is 421 g/mol. The molecule has 0 N–H and O–H groups in total. The van der Waals surface area contributed by atoms with E-state index in [1.165, 1.54) is 16.1 Å². The summed E-state index contributed by atoms with van der Waals surface area (Å²) in [5.74, 6) is 0. The number of para-hydroxylation sites is 1. The molecule has 1 fully saturated rings. The summed E-state index contributed by atoms with van der Waals surface area (Å²) in [6, 6.07) is 19.2. The molecule has 0 radical (unpaired) electrons. The molecule has 0 amide bonds. The predicted molar refractivity (Wildman–Crippen MR) is 124 cm³/mol. The van der Waals surface area contributed by atoms with E-state index in [4.69, 9.17) is 16.6 Å². The minimum absolute atomic E-state index is 0.918. The second kappa shape index (κ2) is 8.31. The number of halogens is 1. The molecule has 29 heavy (non-hydrogen) atoms. The van der Waals surface area contributed by atoms with Gasteiger partial charge in [0.2, 0.25) is 0 Å². The summed E-state index contributed by atoms with van der Waals surface area (Å²) >= 11 is 8.57. The highest BCUT2D eigenvalue weighted by atomic mass is 35.5. The van der Waals surface area contributed by atoms with E-state index in [0.717, 1.165) is 67.5 Å². The maximum absolute atomic E-state index is 6.84. The molecule has 3 aromatic rings. The van der Waals surface area contributed by atoms with Crippen LogP contribution in [-0.2, 0) is 6.42 Å². The van der Waals surface area contributed by atoms with Crippen LogP contribution in [0.15, 0.2) is 65.6 Å². The van der Waals surface area contributed by atoms with Gasteiger partial charge < -0.3 is 4.90 Å². The Bertz CT molecular complexity index is 1010. The molecule has 0 atom stereocenters. The highest BCUT2D eigenvalue weighted by Crippen LogP contribution is 2.35. The van der Waals surface area contributed by atoms with Crippen molar-refractivity contribution in [3.05, 3.63) is 76.8 Å².